The van der Waals surface area contributed by atoms with Crippen LogP contribution in [0.1, 0.15) is 35.2 Å². The number of nitrogens with one attached hydrogen (secondary N) is 2. The van der Waals surface area contributed by atoms with Gasteiger partial charge in [-0.25, -0.2) is 34.9 Å². The molecule has 1 aromatic carbocycles. The maximum Gasteiger partial charge on any atom is 0.269 e. The molecule has 2 aromatic heterocycles. The molecule has 0 bridgehead atoms. The van der Waals surface area contributed by atoms with Gasteiger partial charge in [0, 0.05) is 55.6 Å². The maximum atomic E-state index is 13.6. The van der Waals surface area contributed by atoms with Crippen LogP contribution in [0.2, 0.25) is 0 Å². The standard InChI is InChI=1S/C24H28F2N6O6S2/c1-39(35,36)18-5-3-15(4-6-18)22(33)27-9-12-32-21-16(13-19(20(25)26)23(32)34)14-28-24(30-21)29-17-7-10-31(11-8-17)40(2,37)38/h3-6,13-14,17,20H,7-12H2,1-2H3,(H,27,33)(H,28,29,30). The van der Waals surface area contributed by atoms with E-state index in [9.17, 15) is 35.2 Å². The van der Waals surface area contributed by atoms with E-state index < -0.39 is 43.3 Å². The van der Waals surface area contributed by atoms with Gasteiger partial charge in [-0.3, -0.25) is 14.2 Å². The van der Waals surface area contributed by atoms with Crippen LogP contribution in [0.5, 0.6) is 0 Å². The number of carbonyl (C=O) groups excluding carboxylic acids is 1. The highest BCUT2D eigenvalue weighted by Crippen LogP contribution is 2.22. The van der Waals surface area contributed by atoms with Gasteiger partial charge in [0.05, 0.1) is 16.7 Å². The highest BCUT2D eigenvalue weighted by atomic mass is 32.2. The van der Waals surface area contributed by atoms with Gasteiger partial charge in [0.25, 0.3) is 17.9 Å². The van der Waals surface area contributed by atoms with Crippen molar-refractivity contribution in [2.24, 2.45) is 0 Å². The lowest BCUT2D eigenvalue weighted by atomic mass is 10.1. The second-order valence-electron chi connectivity index (χ2n) is 9.46. The smallest absolute Gasteiger partial charge is 0.269 e. The molecule has 12 nitrogen and oxygen atoms in total. The molecule has 1 aliphatic heterocycles. The number of sulfone groups is 1. The summed E-state index contributed by atoms with van der Waals surface area (Å²) in [7, 11) is -6.72. The maximum absolute atomic E-state index is 13.6. The Balaban J connectivity index is 1.52. The molecular weight excluding hydrogens is 570 g/mol. The minimum absolute atomic E-state index is 0.0518. The van der Waals surface area contributed by atoms with Crippen molar-refractivity contribution >= 4 is 42.7 Å². The lowest BCUT2D eigenvalue weighted by Crippen LogP contribution is -2.42. The van der Waals surface area contributed by atoms with Crippen molar-refractivity contribution in [3.05, 3.63) is 58.0 Å². The number of amides is 1. The van der Waals surface area contributed by atoms with Gasteiger partial charge >= 0.3 is 0 Å². The molecular formula is C24H28F2N6O6S2. The predicted octanol–water partition coefficient (Wildman–Crippen LogP) is 1.40. The van der Waals surface area contributed by atoms with Crippen LogP contribution in [0.25, 0.3) is 11.0 Å². The first-order chi connectivity index (χ1) is 18.7. The van der Waals surface area contributed by atoms with Gasteiger partial charge in [-0.2, -0.15) is 4.98 Å². The molecule has 0 saturated carbocycles. The molecule has 2 N–H and O–H groups in total. The Morgan fingerprint density at radius 3 is 2.33 bits per heavy atom. The summed E-state index contributed by atoms with van der Waals surface area (Å²) in [6.45, 7) is 0.365. The lowest BCUT2D eigenvalue weighted by Gasteiger charge is -2.30. The third kappa shape index (κ3) is 6.79. The van der Waals surface area contributed by atoms with Gasteiger partial charge < -0.3 is 10.6 Å². The van der Waals surface area contributed by atoms with Crippen LogP contribution in [-0.4, -0.2) is 79.8 Å². The summed E-state index contributed by atoms with van der Waals surface area (Å²) in [4.78, 5) is 34.1. The summed E-state index contributed by atoms with van der Waals surface area (Å²) in [6, 6.07) is 6.18. The number of rotatable bonds is 9. The van der Waals surface area contributed by atoms with Crippen LogP contribution in [-0.2, 0) is 26.4 Å². The molecule has 1 fully saturated rings. The van der Waals surface area contributed by atoms with Gasteiger partial charge in [-0.1, -0.05) is 0 Å². The Morgan fingerprint density at radius 1 is 1.10 bits per heavy atom. The van der Waals surface area contributed by atoms with Gasteiger partial charge in [0.1, 0.15) is 5.65 Å². The van der Waals surface area contributed by atoms with E-state index in [1.54, 1.807) is 0 Å². The van der Waals surface area contributed by atoms with Crippen LogP contribution in [0.3, 0.4) is 0 Å². The zero-order valence-corrected chi connectivity index (χ0v) is 23.3. The number of piperidine rings is 1. The Morgan fingerprint density at radius 2 is 1.75 bits per heavy atom. The van der Waals surface area contributed by atoms with E-state index in [1.165, 1.54) is 34.8 Å². The number of benzene rings is 1. The number of pyridine rings is 1. The fraction of sp³-hybridized carbons (Fsp3) is 0.417. The first-order valence-corrected chi connectivity index (χ1v) is 16.0. The van der Waals surface area contributed by atoms with Crippen molar-refractivity contribution in [3.63, 3.8) is 0 Å². The zero-order chi connectivity index (χ0) is 29.2. The molecule has 4 rings (SSSR count). The van der Waals surface area contributed by atoms with E-state index in [0.717, 1.165) is 23.1 Å². The molecule has 216 valence electrons. The molecule has 1 saturated heterocycles. The summed E-state index contributed by atoms with van der Waals surface area (Å²) in [5.74, 6) is -0.391. The highest BCUT2D eigenvalue weighted by molar-refractivity contribution is 7.90. The number of nitrogens with zero attached hydrogens (tertiary/aromatic N) is 4. The van der Waals surface area contributed by atoms with Crippen LogP contribution in [0, 0.1) is 0 Å². The summed E-state index contributed by atoms with van der Waals surface area (Å²) >= 11 is 0. The number of carbonyl (C=O) groups is 1. The third-order valence-corrected chi connectivity index (χ3v) is 8.94. The van der Waals surface area contributed by atoms with Crippen molar-refractivity contribution < 1.29 is 30.4 Å². The van der Waals surface area contributed by atoms with Crippen molar-refractivity contribution in [2.45, 2.75) is 36.7 Å². The molecule has 40 heavy (non-hydrogen) atoms. The lowest BCUT2D eigenvalue weighted by molar-refractivity contribution is 0.0951. The molecule has 3 heterocycles. The minimum atomic E-state index is -3.43. The van der Waals surface area contributed by atoms with Gasteiger partial charge in [-0.05, 0) is 43.2 Å². The quantitative estimate of drug-likeness (QED) is 0.371. The Bertz CT molecular complexity index is 1690. The van der Waals surface area contributed by atoms with E-state index in [0.29, 0.717) is 25.9 Å². The number of halogens is 2. The number of hydrogen-bond donors (Lipinski definition) is 2. The van der Waals surface area contributed by atoms with E-state index >= 15 is 0 Å². The minimum Gasteiger partial charge on any atom is -0.351 e. The molecule has 0 aliphatic carbocycles. The van der Waals surface area contributed by atoms with Gasteiger partial charge in [0.15, 0.2) is 9.84 Å². The zero-order valence-electron chi connectivity index (χ0n) is 21.7. The Kier molecular flexibility index (Phi) is 8.51. The van der Waals surface area contributed by atoms with E-state index in [1.807, 2.05) is 0 Å². The van der Waals surface area contributed by atoms with Gasteiger partial charge in [0.2, 0.25) is 16.0 Å². The monoisotopic (exact) mass is 598 g/mol. The summed E-state index contributed by atoms with van der Waals surface area (Å²) in [5, 5.41) is 5.92. The van der Waals surface area contributed by atoms with Crippen molar-refractivity contribution in [1.82, 2.24) is 24.2 Å². The number of fused-ring (bicyclic) bond motifs is 1. The molecule has 0 unspecified atom stereocenters. The summed E-state index contributed by atoms with van der Waals surface area (Å²) < 4.78 is 76.4. The highest BCUT2D eigenvalue weighted by Gasteiger charge is 2.25. The average Bonchev–Trinajstić information content (AvgIpc) is 2.89. The normalized spacial score (nSPS) is 15.4. The average molecular weight is 599 g/mol. The first-order valence-electron chi connectivity index (χ1n) is 12.2. The van der Waals surface area contributed by atoms with Crippen LogP contribution < -0.4 is 16.2 Å². The van der Waals surface area contributed by atoms with Crippen molar-refractivity contribution in [1.29, 1.82) is 0 Å². The van der Waals surface area contributed by atoms with Crippen molar-refractivity contribution in [3.8, 4) is 0 Å². The molecule has 16 heteroatoms. The fourth-order valence-electron chi connectivity index (χ4n) is 4.37. The van der Waals surface area contributed by atoms with Crippen LogP contribution >= 0.6 is 0 Å². The number of sulfonamides is 1. The number of alkyl halides is 2. The topological polar surface area (TPSA) is 160 Å². The second kappa shape index (κ2) is 11.5. The largest absolute Gasteiger partial charge is 0.351 e. The van der Waals surface area contributed by atoms with Crippen molar-refractivity contribution in [2.75, 3.05) is 37.5 Å². The Hall–Kier alpha value is -3.50. The van der Waals surface area contributed by atoms with Gasteiger partial charge in [-0.15, -0.1) is 0 Å². The van der Waals surface area contributed by atoms with E-state index in [-0.39, 0.29) is 46.6 Å². The summed E-state index contributed by atoms with van der Waals surface area (Å²) in [5.41, 5.74) is -1.41. The number of hydrogen-bond acceptors (Lipinski definition) is 9. The van der Waals surface area contributed by atoms with Crippen LogP contribution in [0.15, 0.2) is 46.2 Å². The SMILES string of the molecule is CS(=O)(=O)c1ccc(C(=O)NCCn2c(=O)c(C(F)F)cc3cnc(NC4CCN(S(C)(=O)=O)CC4)nc32)cc1. The number of aromatic nitrogens is 3. The van der Waals surface area contributed by atoms with Crippen LogP contribution in [0.4, 0.5) is 14.7 Å². The number of anilines is 1. The third-order valence-electron chi connectivity index (χ3n) is 6.51. The second-order valence-corrected chi connectivity index (χ2v) is 13.5. The molecule has 0 radical (unpaired) electrons. The Labute approximate surface area is 229 Å². The summed E-state index contributed by atoms with van der Waals surface area (Å²) in [6.07, 6.45) is 1.48. The van der Waals surface area contributed by atoms with E-state index in [4.69, 9.17) is 0 Å². The molecule has 0 atom stereocenters. The first kappa shape index (κ1) is 29.5. The molecule has 1 aliphatic rings. The predicted molar refractivity (Wildman–Crippen MR) is 144 cm³/mol. The molecule has 3 aromatic rings. The molecule has 0 spiro atoms. The molecule has 1 amide bonds. The van der Waals surface area contributed by atoms with E-state index in [2.05, 4.69) is 20.6 Å². The fourth-order valence-corrected chi connectivity index (χ4v) is 5.87.